The zero-order chi connectivity index (χ0) is 43.6. The van der Waals surface area contributed by atoms with E-state index < -0.39 is 78.5 Å². The van der Waals surface area contributed by atoms with Crippen LogP contribution < -0.4 is 5.32 Å². The molecule has 13 nitrogen and oxygen atoms in total. The van der Waals surface area contributed by atoms with Gasteiger partial charge in [-0.1, -0.05) is 199 Å². The number of allylic oxidation sites excluding steroid dienone is 1. The minimum atomic E-state index is -5.11. The van der Waals surface area contributed by atoms with Crippen molar-refractivity contribution >= 4 is 16.3 Å². The maximum atomic E-state index is 13.1. The molecule has 1 aliphatic heterocycles. The van der Waals surface area contributed by atoms with Gasteiger partial charge in [0.15, 0.2) is 6.29 Å². The summed E-state index contributed by atoms with van der Waals surface area (Å²) >= 11 is 0. The van der Waals surface area contributed by atoms with E-state index in [-0.39, 0.29) is 6.42 Å². The highest BCUT2D eigenvalue weighted by atomic mass is 32.3. The minimum Gasteiger partial charge on any atom is -0.394 e. The fourth-order valence-corrected chi connectivity index (χ4v) is 8.15. The number of hydrogen-bond acceptors (Lipinski definition) is 11. The molecule has 1 amide bonds. The van der Waals surface area contributed by atoms with Crippen LogP contribution in [0.15, 0.2) is 12.2 Å². The zero-order valence-corrected chi connectivity index (χ0v) is 37.8. The van der Waals surface area contributed by atoms with Crippen molar-refractivity contribution in [1.82, 2.24) is 5.32 Å². The predicted molar refractivity (Wildman–Crippen MR) is 233 cm³/mol. The molecule has 0 aromatic rings. The highest BCUT2D eigenvalue weighted by Crippen LogP contribution is 2.26. The smallest absolute Gasteiger partial charge is 0.394 e. The molecule has 1 saturated heterocycles. The minimum absolute atomic E-state index is 0.247. The second-order valence-electron chi connectivity index (χ2n) is 16.8. The number of aliphatic hydroxyl groups excluding tert-OH is 5. The summed E-state index contributed by atoms with van der Waals surface area (Å²) in [6, 6.07) is -1.11. The lowest BCUT2D eigenvalue weighted by Crippen LogP contribution is -2.61. The molecule has 7 N–H and O–H groups in total. The van der Waals surface area contributed by atoms with Crippen LogP contribution in [0.4, 0.5) is 0 Å². The van der Waals surface area contributed by atoms with Gasteiger partial charge in [-0.2, -0.15) is 8.42 Å². The summed E-state index contributed by atoms with van der Waals surface area (Å²) in [5.41, 5.74) is 0. The Bertz CT molecular complexity index is 1130. The fourth-order valence-electron chi connectivity index (χ4n) is 7.64. The maximum absolute atomic E-state index is 13.1. The van der Waals surface area contributed by atoms with Gasteiger partial charge in [-0.15, -0.1) is 0 Å². The van der Waals surface area contributed by atoms with Crippen LogP contribution in [0.1, 0.15) is 206 Å². The Labute approximate surface area is 358 Å². The first-order valence-corrected chi connectivity index (χ1v) is 25.0. The second kappa shape index (κ2) is 36.3. The van der Waals surface area contributed by atoms with Crippen molar-refractivity contribution in [3.63, 3.8) is 0 Å². The van der Waals surface area contributed by atoms with Crippen LogP contribution in [0.2, 0.25) is 0 Å². The van der Waals surface area contributed by atoms with E-state index in [1.807, 2.05) is 6.08 Å². The summed E-state index contributed by atoms with van der Waals surface area (Å²) in [4.78, 5) is 13.1. The van der Waals surface area contributed by atoms with Gasteiger partial charge in [-0.25, -0.2) is 4.18 Å². The number of rotatable bonds is 40. The highest BCUT2D eigenvalue weighted by molar-refractivity contribution is 7.80. The molecule has 1 aliphatic rings. The van der Waals surface area contributed by atoms with Gasteiger partial charge in [0.2, 0.25) is 5.91 Å². The predicted octanol–water partition coefficient (Wildman–Crippen LogP) is 8.14. The Balaban J connectivity index is 2.58. The Kier molecular flexibility index (Phi) is 34.3. The van der Waals surface area contributed by atoms with E-state index in [9.17, 15) is 43.3 Å². The molecule has 14 heteroatoms. The Morgan fingerprint density at radius 3 is 1.53 bits per heavy atom. The van der Waals surface area contributed by atoms with Gasteiger partial charge in [0, 0.05) is 0 Å². The lowest BCUT2D eigenvalue weighted by Gasteiger charge is -2.41. The van der Waals surface area contributed by atoms with Crippen molar-refractivity contribution in [2.45, 2.75) is 255 Å². The van der Waals surface area contributed by atoms with E-state index in [1.54, 1.807) is 6.08 Å². The van der Waals surface area contributed by atoms with Crippen molar-refractivity contribution in [3.05, 3.63) is 12.2 Å². The van der Waals surface area contributed by atoms with Gasteiger partial charge in [-0.05, 0) is 19.3 Å². The monoisotopic (exact) mass is 866 g/mol. The van der Waals surface area contributed by atoms with Crippen LogP contribution >= 0.6 is 0 Å². The number of carbonyl (C=O) groups excluding carboxylic acids is 1. The number of carbonyl (C=O) groups is 1. The molecule has 0 aliphatic carbocycles. The third-order valence-corrected chi connectivity index (χ3v) is 11.9. The van der Waals surface area contributed by atoms with E-state index in [2.05, 4.69) is 23.3 Å². The Morgan fingerprint density at radius 1 is 0.678 bits per heavy atom. The van der Waals surface area contributed by atoms with Crippen LogP contribution in [-0.4, -0.2) is 107 Å². The molecule has 1 fully saturated rings. The first-order chi connectivity index (χ1) is 28.4. The highest BCUT2D eigenvalue weighted by Gasteiger charge is 2.48. The lowest BCUT2D eigenvalue weighted by atomic mass is 9.99. The van der Waals surface area contributed by atoms with Crippen molar-refractivity contribution in [3.8, 4) is 0 Å². The fraction of sp³-hybridized carbons (Fsp3) is 0.933. The number of ether oxygens (including phenoxy) is 2. The standard InChI is InChI=1S/C45H87NO12S/c1-3-5-7-9-11-13-15-17-18-19-20-22-23-25-27-29-31-33-38(48)37(36-56-45-42(51)43(58-59(53,54)55)41(50)40(35-47)57-45)46-44(52)39(49)34-32-30-28-26-24-21-16-14-12-10-8-6-4-2/h31,33,37-43,45,47-51H,3-30,32,34-36H2,1-2H3,(H,46,52)(H,53,54,55)/b33-31+. The van der Waals surface area contributed by atoms with Crippen LogP contribution in [0.5, 0.6) is 0 Å². The van der Waals surface area contributed by atoms with E-state index >= 15 is 0 Å². The number of hydrogen-bond donors (Lipinski definition) is 7. The zero-order valence-electron chi connectivity index (χ0n) is 36.9. The Morgan fingerprint density at radius 2 is 1.10 bits per heavy atom. The van der Waals surface area contributed by atoms with Gasteiger partial charge in [0.05, 0.1) is 25.4 Å². The normalized spacial score (nSPS) is 21.5. The summed E-state index contributed by atoms with van der Waals surface area (Å²) < 4.78 is 47.5. The van der Waals surface area contributed by atoms with Gasteiger partial charge in [0.1, 0.15) is 30.5 Å². The molecule has 1 heterocycles. The molecule has 350 valence electrons. The first kappa shape index (κ1) is 55.8. The summed E-state index contributed by atoms with van der Waals surface area (Å²) in [5, 5.41) is 55.2. The van der Waals surface area contributed by atoms with Crippen molar-refractivity contribution in [2.24, 2.45) is 0 Å². The lowest BCUT2D eigenvalue weighted by molar-refractivity contribution is -0.298. The van der Waals surface area contributed by atoms with Crippen molar-refractivity contribution in [2.75, 3.05) is 13.2 Å². The molecule has 0 bridgehead atoms. The molecule has 0 radical (unpaired) electrons. The van der Waals surface area contributed by atoms with Gasteiger partial charge in [-0.3, -0.25) is 9.35 Å². The van der Waals surface area contributed by atoms with Crippen LogP contribution in [0.3, 0.4) is 0 Å². The summed E-state index contributed by atoms with van der Waals surface area (Å²) in [6.07, 6.45) is 27.2. The van der Waals surface area contributed by atoms with Gasteiger partial charge in [0.25, 0.3) is 0 Å². The molecule has 59 heavy (non-hydrogen) atoms. The summed E-state index contributed by atoms with van der Waals surface area (Å²) in [7, 11) is -5.11. The molecular weight excluding hydrogens is 779 g/mol. The second-order valence-corrected chi connectivity index (χ2v) is 17.9. The number of aliphatic hydroxyl groups is 5. The topological polar surface area (TPSA) is 212 Å². The molecule has 1 rings (SSSR count). The van der Waals surface area contributed by atoms with E-state index in [0.29, 0.717) is 12.8 Å². The Hall–Kier alpha value is -1.20. The number of nitrogens with one attached hydrogen (secondary N) is 1. The van der Waals surface area contributed by atoms with E-state index in [4.69, 9.17) is 9.47 Å². The molecule has 0 spiro atoms. The van der Waals surface area contributed by atoms with Crippen molar-refractivity contribution in [1.29, 1.82) is 0 Å². The first-order valence-electron chi connectivity index (χ1n) is 23.7. The molecule has 8 atom stereocenters. The average Bonchev–Trinajstić information content (AvgIpc) is 3.20. The molecule has 0 saturated carbocycles. The van der Waals surface area contributed by atoms with Crippen molar-refractivity contribution < 1.29 is 57.0 Å². The third-order valence-electron chi connectivity index (χ3n) is 11.4. The number of unbranched alkanes of at least 4 members (excludes halogenated alkanes) is 27. The van der Waals surface area contributed by atoms with Gasteiger partial charge >= 0.3 is 10.4 Å². The summed E-state index contributed by atoms with van der Waals surface area (Å²) in [5.74, 6) is -0.700. The molecule has 0 aromatic carbocycles. The largest absolute Gasteiger partial charge is 0.397 e. The maximum Gasteiger partial charge on any atom is 0.397 e. The summed E-state index contributed by atoms with van der Waals surface area (Å²) in [6.45, 7) is 3.22. The SMILES string of the molecule is CCCCCCCCCCCCCCCCC/C=C/C(O)C(COC1OC(CO)C(O)C(OS(=O)(=O)O)C1O)NC(=O)C(O)CCCCCCCCCCCCCCC. The number of amides is 1. The quantitative estimate of drug-likeness (QED) is 0.0177. The van der Waals surface area contributed by atoms with Gasteiger partial charge < -0.3 is 40.3 Å². The average molecular weight is 866 g/mol. The van der Waals surface area contributed by atoms with E-state index in [1.165, 1.54) is 135 Å². The third kappa shape index (κ3) is 28.9. The van der Waals surface area contributed by atoms with E-state index in [0.717, 1.165) is 38.5 Å². The van der Waals surface area contributed by atoms with Crippen LogP contribution in [0.25, 0.3) is 0 Å². The molecular formula is C45H87NO12S. The molecule has 8 unspecified atom stereocenters. The van der Waals surface area contributed by atoms with Crippen LogP contribution in [-0.2, 0) is 28.9 Å². The van der Waals surface area contributed by atoms with Crippen LogP contribution in [0, 0.1) is 0 Å². The molecule has 0 aromatic heterocycles.